The third-order valence-corrected chi connectivity index (χ3v) is 3.96. The molecule has 2 rings (SSSR count). The van der Waals surface area contributed by atoms with Gasteiger partial charge in [-0.25, -0.2) is 0 Å². The lowest BCUT2D eigenvalue weighted by Crippen LogP contribution is -2.49. The van der Waals surface area contributed by atoms with Crippen LogP contribution in [0.3, 0.4) is 0 Å². The molecule has 1 saturated heterocycles. The largest absolute Gasteiger partial charge is 0.314 e. The molecule has 0 radical (unpaired) electrons. The van der Waals surface area contributed by atoms with Crippen molar-refractivity contribution >= 4 is 15.9 Å². The van der Waals surface area contributed by atoms with E-state index in [9.17, 15) is 0 Å². The zero-order valence-corrected chi connectivity index (χ0v) is 11.5. The van der Waals surface area contributed by atoms with E-state index in [1.807, 2.05) is 0 Å². The van der Waals surface area contributed by atoms with E-state index in [1.54, 1.807) is 0 Å². The standard InChI is InChI=1S/C13H19BrN2/c1-10-3-4-12(13(14)7-10)9-16-6-5-15-8-11(16)2/h3-4,7,11,15H,5-6,8-9H2,1-2H3. The molecule has 1 fully saturated rings. The van der Waals surface area contributed by atoms with Gasteiger partial charge in [0.2, 0.25) is 0 Å². The second-order valence-corrected chi connectivity index (χ2v) is 5.47. The first-order valence-corrected chi connectivity index (χ1v) is 6.66. The Bertz CT molecular complexity index is 365. The van der Waals surface area contributed by atoms with Crippen LogP contribution in [0.4, 0.5) is 0 Å². The number of hydrogen-bond acceptors (Lipinski definition) is 2. The van der Waals surface area contributed by atoms with Crippen molar-refractivity contribution in [1.82, 2.24) is 10.2 Å². The summed E-state index contributed by atoms with van der Waals surface area (Å²) in [6.45, 7) is 8.80. The molecule has 1 aliphatic rings. The third-order valence-electron chi connectivity index (χ3n) is 3.22. The predicted molar refractivity (Wildman–Crippen MR) is 71.6 cm³/mol. The van der Waals surface area contributed by atoms with Crippen LogP contribution in [0.15, 0.2) is 22.7 Å². The molecule has 1 aromatic rings. The lowest BCUT2D eigenvalue weighted by atomic mass is 10.1. The van der Waals surface area contributed by atoms with E-state index in [4.69, 9.17) is 0 Å². The molecular weight excluding hydrogens is 264 g/mol. The molecule has 1 heterocycles. The average molecular weight is 283 g/mol. The summed E-state index contributed by atoms with van der Waals surface area (Å²) in [5.74, 6) is 0. The number of nitrogens with zero attached hydrogens (tertiary/aromatic N) is 1. The molecule has 1 atom stereocenters. The Morgan fingerprint density at radius 1 is 1.50 bits per heavy atom. The highest BCUT2D eigenvalue weighted by molar-refractivity contribution is 9.10. The normalized spacial score (nSPS) is 22.3. The van der Waals surface area contributed by atoms with Crippen LogP contribution in [0.5, 0.6) is 0 Å². The summed E-state index contributed by atoms with van der Waals surface area (Å²) in [4.78, 5) is 2.53. The highest BCUT2D eigenvalue weighted by Gasteiger charge is 2.18. The van der Waals surface area contributed by atoms with Crippen molar-refractivity contribution in [2.45, 2.75) is 26.4 Å². The van der Waals surface area contributed by atoms with Gasteiger partial charge in [0.15, 0.2) is 0 Å². The van der Waals surface area contributed by atoms with Gasteiger partial charge in [-0.1, -0.05) is 28.1 Å². The first-order valence-electron chi connectivity index (χ1n) is 5.86. The summed E-state index contributed by atoms with van der Waals surface area (Å²) in [5.41, 5.74) is 2.70. The minimum absolute atomic E-state index is 0.627. The van der Waals surface area contributed by atoms with Crippen molar-refractivity contribution in [3.05, 3.63) is 33.8 Å². The minimum atomic E-state index is 0.627. The van der Waals surface area contributed by atoms with Gasteiger partial charge in [0.25, 0.3) is 0 Å². The van der Waals surface area contributed by atoms with Crippen LogP contribution in [0.25, 0.3) is 0 Å². The van der Waals surface area contributed by atoms with Gasteiger partial charge < -0.3 is 5.32 Å². The Morgan fingerprint density at radius 2 is 2.31 bits per heavy atom. The molecule has 2 nitrogen and oxygen atoms in total. The van der Waals surface area contributed by atoms with Crippen LogP contribution in [-0.2, 0) is 6.54 Å². The molecule has 1 aromatic carbocycles. The van der Waals surface area contributed by atoms with Gasteiger partial charge in [0.05, 0.1) is 0 Å². The molecule has 0 amide bonds. The molecule has 0 aliphatic carbocycles. The molecule has 0 saturated carbocycles. The van der Waals surface area contributed by atoms with Crippen LogP contribution in [-0.4, -0.2) is 30.6 Å². The summed E-state index contributed by atoms with van der Waals surface area (Å²) < 4.78 is 1.23. The number of aryl methyl sites for hydroxylation is 1. The number of hydrogen-bond donors (Lipinski definition) is 1. The van der Waals surface area contributed by atoms with Crippen molar-refractivity contribution in [2.75, 3.05) is 19.6 Å². The van der Waals surface area contributed by atoms with Crippen molar-refractivity contribution in [1.29, 1.82) is 0 Å². The quantitative estimate of drug-likeness (QED) is 0.897. The molecular formula is C13H19BrN2. The summed E-state index contributed by atoms with van der Waals surface area (Å²) in [7, 11) is 0. The van der Waals surface area contributed by atoms with Crippen molar-refractivity contribution in [2.24, 2.45) is 0 Å². The zero-order chi connectivity index (χ0) is 11.5. The summed E-state index contributed by atoms with van der Waals surface area (Å²) in [5, 5.41) is 3.42. The predicted octanol–water partition coefficient (Wildman–Crippen LogP) is 2.55. The molecule has 3 heteroatoms. The van der Waals surface area contributed by atoms with Crippen molar-refractivity contribution in [3.8, 4) is 0 Å². The van der Waals surface area contributed by atoms with Gasteiger partial charge >= 0.3 is 0 Å². The second-order valence-electron chi connectivity index (χ2n) is 4.62. The molecule has 0 bridgehead atoms. The number of piperazine rings is 1. The fourth-order valence-electron chi connectivity index (χ4n) is 2.12. The van der Waals surface area contributed by atoms with E-state index in [1.165, 1.54) is 15.6 Å². The van der Waals surface area contributed by atoms with Gasteiger partial charge in [-0.15, -0.1) is 0 Å². The zero-order valence-electron chi connectivity index (χ0n) is 9.96. The van der Waals surface area contributed by atoms with Gasteiger partial charge in [-0.2, -0.15) is 0 Å². The Kier molecular flexibility index (Phi) is 4.00. The van der Waals surface area contributed by atoms with E-state index in [0.717, 1.165) is 26.2 Å². The number of benzene rings is 1. The number of nitrogens with one attached hydrogen (secondary N) is 1. The lowest BCUT2D eigenvalue weighted by Gasteiger charge is -2.34. The van der Waals surface area contributed by atoms with E-state index < -0.39 is 0 Å². The van der Waals surface area contributed by atoms with E-state index in [2.05, 4.69) is 58.2 Å². The molecule has 0 aromatic heterocycles. The van der Waals surface area contributed by atoms with Gasteiger partial charge in [-0.05, 0) is 31.0 Å². The SMILES string of the molecule is Cc1ccc(CN2CCNCC2C)c(Br)c1. The minimum Gasteiger partial charge on any atom is -0.314 e. The van der Waals surface area contributed by atoms with Crippen LogP contribution in [0.1, 0.15) is 18.1 Å². The summed E-state index contributed by atoms with van der Waals surface area (Å²) >= 11 is 3.65. The molecule has 0 spiro atoms. The third kappa shape index (κ3) is 2.84. The van der Waals surface area contributed by atoms with E-state index >= 15 is 0 Å². The highest BCUT2D eigenvalue weighted by atomic mass is 79.9. The second kappa shape index (κ2) is 5.30. The van der Waals surface area contributed by atoms with Gasteiger partial charge in [0, 0.05) is 36.7 Å². The Morgan fingerprint density at radius 3 is 3.00 bits per heavy atom. The summed E-state index contributed by atoms with van der Waals surface area (Å²) in [6, 6.07) is 7.24. The fraction of sp³-hybridized carbons (Fsp3) is 0.538. The van der Waals surface area contributed by atoms with Crippen LogP contribution in [0, 0.1) is 6.92 Å². The molecule has 1 N–H and O–H groups in total. The Hall–Kier alpha value is -0.380. The number of halogens is 1. The van der Waals surface area contributed by atoms with Crippen LogP contribution < -0.4 is 5.32 Å². The Balaban J connectivity index is 2.07. The lowest BCUT2D eigenvalue weighted by molar-refractivity contribution is 0.165. The maximum absolute atomic E-state index is 3.65. The van der Waals surface area contributed by atoms with Gasteiger partial charge in [0.1, 0.15) is 0 Å². The maximum Gasteiger partial charge on any atom is 0.0248 e. The van der Waals surface area contributed by atoms with Crippen LogP contribution in [0.2, 0.25) is 0 Å². The van der Waals surface area contributed by atoms with E-state index in [-0.39, 0.29) is 0 Å². The monoisotopic (exact) mass is 282 g/mol. The van der Waals surface area contributed by atoms with Crippen LogP contribution >= 0.6 is 15.9 Å². The highest BCUT2D eigenvalue weighted by Crippen LogP contribution is 2.21. The van der Waals surface area contributed by atoms with Crippen molar-refractivity contribution in [3.63, 3.8) is 0 Å². The topological polar surface area (TPSA) is 15.3 Å². The Labute approximate surface area is 106 Å². The first-order chi connectivity index (χ1) is 7.66. The van der Waals surface area contributed by atoms with Gasteiger partial charge in [-0.3, -0.25) is 4.90 Å². The van der Waals surface area contributed by atoms with Crippen molar-refractivity contribution < 1.29 is 0 Å². The number of rotatable bonds is 2. The maximum atomic E-state index is 3.65. The summed E-state index contributed by atoms with van der Waals surface area (Å²) in [6.07, 6.45) is 0. The average Bonchev–Trinajstić information content (AvgIpc) is 2.25. The molecule has 1 aliphatic heterocycles. The molecule has 1 unspecified atom stereocenters. The fourth-order valence-corrected chi connectivity index (χ4v) is 2.74. The molecule has 16 heavy (non-hydrogen) atoms. The van der Waals surface area contributed by atoms with E-state index in [0.29, 0.717) is 6.04 Å². The first kappa shape index (κ1) is 12.1. The smallest absolute Gasteiger partial charge is 0.0248 e. The molecule has 88 valence electrons.